The van der Waals surface area contributed by atoms with Gasteiger partial charge in [0.05, 0.1) is 23.9 Å². The van der Waals surface area contributed by atoms with Gasteiger partial charge in [-0.1, -0.05) is 5.16 Å². The summed E-state index contributed by atoms with van der Waals surface area (Å²) >= 11 is 1.51. The summed E-state index contributed by atoms with van der Waals surface area (Å²) < 4.78 is 10.1. The van der Waals surface area contributed by atoms with Crippen molar-refractivity contribution in [1.82, 2.24) is 20.0 Å². The van der Waals surface area contributed by atoms with E-state index in [0.29, 0.717) is 41.4 Å². The highest BCUT2D eigenvalue weighted by atomic mass is 32.2. The Hall–Kier alpha value is -3.59. The molecule has 9 heteroatoms. The fraction of sp³-hybridized carbons (Fsp3) is 0.280. The molecule has 8 nitrogen and oxygen atoms in total. The van der Waals surface area contributed by atoms with Gasteiger partial charge in [0.15, 0.2) is 0 Å². The number of benzene rings is 1. The van der Waals surface area contributed by atoms with Crippen LogP contribution in [0.3, 0.4) is 0 Å². The number of aryl methyl sites for hydroxylation is 2. The van der Waals surface area contributed by atoms with Crippen LogP contribution in [0.2, 0.25) is 0 Å². The lowest BCUT2D eigenvalue weighted by Gasteiger charge is -2.28. The molecule has 0 unspecified atom stereocenters. The largest absolute Gasteiger partial charge is 0.465 e. The molecule has 1 aliphatic heterocycles. The van der Waals surface area contributed by atoms with E-state index in [0.717, 1.165) is 39.2 Å². The van der Waals surface area contributed by atoms with Crippen molar-refractivity contribution >= 4 is 34.5 Å². The van der Waals surface area contributed by atoms with E-state index < -0.39 is 0 Å². The molecule has 0 radical (unpaired) electrons. The lowest BCUT2D eigenvalue weighted by molar-refractivity contribution is 0.0600. The van der Waals surface area contributed by atoms with Gasteiger partial charge in [-0.05, 0) is 44.2 Å². The molecule has 0 spiro atoms. The van der Waals surface area contributed by atoms with Crippen LogP contribution in [0.4, 0.5) is 0 Å². The second-order valence-electron chi connectivity index (χ2n) is 8.26. The first-order valence-corrected chi connectivity index (χ1v) is 12.0. The molecule has 0 bridgehead atoms. The molecule has 5 rings (SSSR count). The van der Waals surface area contributed by atoms with E-state index in [1.165, 1.54) is 18.9 Å². The molecule has 1 N–H and O–H groups in total. The lowest BCUT2D eigenvalue weighted by atomic mass is 10.0. The summed E-state index contributed by atoms with van der Waals surface area (Å²) in [5.74, 6) is 0.971. The second-order valence-corrected chi connectivity index (χ2v) is 9.22. The van der Waals surface area contributed by atoms with E-state index >= 15 is 0 Å². The molecule has 0 atom stereocenters. The lowest BCUT2D eigenvalue weighted by Crippen LogP contribution is -2.36. The molecule has 1 aliphatic rings. The van der Waals surface area contributed by atoms with Crippen LogP contribution >= 0.6 is 11.8 Å². The van der Waals surface area contributed by atoms with Crippen LogP contribution in [0.5, 0.6) is 0 Å². The van der Waals surface area contributed by atoms with Gasteiger partial charge in [-0.3, -0.25) is 4.79 Å². The van der Waals surface area contributed by atoms with E-state index in [2.05, 4.69) is 15.1 Å². The Kier molecular flexibility index (Phi) is 5.87. The van der Waals surface area contributed by atoms with Gasteiger partial charge in [-0.25, -0.2) is 9.78 Å². The average Bonchev–Trinajstić information content (AvgIpc) is 3.39. The van der Waals surface area contributed by atoms with Gasteiger partial charge in [-0.2, -0.15) is 0 Å². The number of methoxy groups -OCH3 is 1. The highest BCUT2D eigenvalue weighted by molar-refractivity contribution is 7.98. The number of thioether (sulfide) groups is 1. The van der Waals surface area contributed by atoms with Gasteiger partial charge in [0.2, 0.25) is 0 Å². The maximum Gasteiger partial charge on any atom is 0.337 e. The summed E-state index contributed by atoms with van der Waals surface area (Å²) in [6.45, 7) is 4.86. The molecule has 1 aromatic carbocycles. The van der Waals surface area contributed by atoms with Crippen molar-refractivity contribution in [1.29, 1.82) is 0 Å². The third-order valence-electron chi connectivity index (χ3n) is 6.22. The number of nitrogens with one attached hydrogen (secondary N) is 1. The molecule has 0 saturated heterocycles. The Morgan fingerprint density at radius 3 is 2.88 bits per heavy atom. The topological polar surface area (TPSA) is 101 Å². The van der Waals surface area contributed by atoms with Crippen LogP contribution < -0.4 is 0 Å². The molecule has 0 fully saturated rings. The number of aromatic nitrogens is 3. The Balaban J connectivity index is 1.40. The number of rotatable bonds is 5. The van der Waals surface area contributed by atoms with Crippen LogP contribution in [0.15, 0.2) is 46.1 Å². The maximum atomic E-state index is 13.6. The quantitative estimate of drug-likeness (QED) is 0.335. The van der Waals surface area contributed by atoms with Gasteiger partial charge in [0.25, 0.3) is 5.91 Å². The predicted octanol–water partition coefficient (Wildman–Crippen LogP) is 4.45. The number of amides is 1. The van der Waals surface area contributed by atoms with Crippen molar-refractivity contribution in [2.75, 3.05) is 13.7 Å². The van der Waals surface area contributed by atoms with E-state index in [1.54, 1.807) is 18.3 Å². The number of ether oxygens (including phenoxy) is 1. The minimum atomic E-state index is -0.379. The van der Waals surface area contributed by atoms with Gasteiger partial charge < -0.3 is 19.1 Å². The van der Waals surface area contributed by atoms with Crippen LogP contribution in [-0.2, 0) is 23.5 Å². The van der Waals surface area contributed by atoms with Crippen molar-refractivity contribution in [3.8, 4) is 0 Å². The summed E-state index contributed by atoms with van der Waals surface area (Å²) in [5.41, 5.74) is 6.03. The molecular weight excluding hydrogens is 452 g/mol. The van der Waals surface area contributed by atoms with Crippen LogP contribution in [0.25, 0.3) is 10.9 Å². The molecule has 0 aliphatic carbocycles. The number of H-pyrrole nitrogens is 1. The number of pyridine rings is 1. The zero-order valence-corrected chi connectivity index (χ0v) is 20.0. The second kappa shape index (κ2) is 8.98. The van der Waals surface area contributed by atoms with Crippen LogP contribution in [-0.4, -0.2) is 45.6 Å². The number of aromatic amines is 1. The first-order chi connectivity index (χ1) is 16.5. The molecule has 0 saturated carbocycles. The summed E-state index contributed by atoms with van der Waals surface area (Å²) in [7, 11) is 1.37. The molecular formula is C25H24N4O4S. The number of nitrogens with zero attached hydrogens (tertiary/aromatic N) is 3. The first-order valence-electron chi connectivity index (χ1n) is 11.0. The zero-order chi connectivity index (χ0) is 23.8. The number of fused-ring (bicyclic) bond motifs is 3. The zero-order valence-electron chi connectivity index (χ0n) is 19.2. The third kappa shape index (κ3) is 3.96. The van der Waals surface area contributed by atoms with E-state index in [-0.39, 0.29) is 11.9 Å². The molecule has 4 heterocycles. The van der Waals surface area contributed by atoms with Gasteiger partial charge in [-0.15, -0.1) is 11.8 Å². The minimum Gasteiger partial charge on any atom is -0.465 e. The number of hydrogen-bond donors (Lipinski definition) is 1. The van der Waals surface area contributed by atoms with Crippen molar-refractivity contribution in [3.63, 3.8) is 0 Å². The number of esters is 1. The van der Waals surface area contributed by atoms with Crippen molar-refractivity contribution in [2.24, 2.45) is 0 Å². The van der Waals surface area contributed by atoms with E-state index in [4.69, 9.17) is 9.26 Å². The minimum absolute atomic E-state index is 0.0570. The average molecular weight is 477 g/mol. The SMILES string of the molecule is COC(=O)c1ccc2[nH]c3c(c2c1)CN(C(=O)c1cccnc1SCc1c(C)noc1C)CC3. The van der Waals surface area contributed by atoms with Gasteiger partial charge >= 0.3 is 5.97 Å². The normalized spacial score (nSPS) is 13.2. The monoisotopic (exact) mass is 476 g/mol. The number of carbonyl (C=O) groups is 2. The Bertz CT molecular complexity index is 1390. The smallest absolute Gasteiger partial charge is 0.337 e. The Labute approximate surface area is 200 Å². The summed E-state index contributed by atoms with van der Waals surface area (Å²) in [6.07, 6.45) is 2.42. The van der Waals surface area contributed by atoms with E-state index in [9.17, 15) is 9.59 Å². The summed E-state index contributed by atoms with van der Waals surface area (Å²) in [6, 6.07) is 9.08. The first kappa shape index (κ1) is 22.2. The number of carbonyl (C=O) groups excluding carboxylic acids is 2. The predicted molar refractivity (Wildman–Crippen MR) is 128 cm³/mol. The van der Waals surface area contributed by atoms with Crippen LogP contribution in [0, 0.1) is 13.8 Å². The standard InChI is InChI=1S/C25H24N4O4S/c1-14-20(15(2)33-28-14)13-34-23-17(5-4-9-26-23)24(30)29-10-8-22-19(12-29)18-11-16(25(31)32-3)6-7-21(18)27-22/h4-7,9,11,27H,8,10,12-13H2,1-3H3. The molecule has 34 heavy (non-hydrogen) atoms. The highest BCUT2D eigenvalue weighted by Crippen LogP contribution is 2.32. The molecule has 1 amide bonds. The molecule has 174 valence electrons. The van der Waals surface area contributed by atoms with Crippen LogP contribution in [0.1, 0.15) is 49.0 Å². The summed E-state index contributed by atoms with van der Waals surface area (Å²) in [4.78, 5) is 35.3. The van der Waals surface area contributed by atoms with Gasteiger partial charge in [0.1, 0.15) is 10.8 Å². The molecule has 4 aromatic rings. The Morgan fingerprint density at radius 1 is 1.26 bits per heavy atom. The maximum absolute atomic E-state index is 13.6. The fourth-order valence-corrected chi connectivity index (χ4v) is 5.46. The fourth-order valence-electron chi connectivity index (χ4n) is 4.32. The number of hydrogen-bond acceptors (Lipinski definition) is 7. The van der Waals surface area contributed by atoms with E-state index in [1.807, 2.05) is 36.9 Å². The van der Waals surface area contributed by atoms with Crippen molar-refractivity contribution < 1.29 is 18.8 Å². The molecule has 3 aromatic heterocycles. The third-order valence-corrected chi connectivity index (χ3v) is 7.25. The summed E-state index contributed by atoms with van der Waals surface area (Å²) in [5, 5.41) is 5.63. The Morgan fingerprint density at radius 2 is 2.12 bits per heavy atom. The van der Waals surface area contributed by atoms with Gasteiger partial charge in [0, 0.05) is 59.2 Å². The van der Waals surface area contributed by atoms with Crippen molar-refractivity contribution in [2.45, 2.75) is 37.6 Å². The highest BCUT2D eigenvalue weighted by Gasteiger charge is 2.27. The van der Waals surface area contributed by atoms with Crippen molar-refractivity contribution in [3.05, 3.63) is 75.9 Å².